The molecule has 0 spiro atoms. The third-order valence-electron chi connectivity index (χ3n) is 2.87. The number of nitrogens with two attached hydrogens (primary N) is 1. The van der Waals surface area contributed by atoms with Crippen LogP contribution in [0.1, 0.15) is 22.8 Å². The predicted octanol–water partition coefficient (Wildman–Crippen LogP) is 2.14. The molecule has 0 radical (unpaired) electrons. The number of hydrogen-bond donors (Lipinski definition) is 2. The van der Waals surface area contributed by atoms with Crippen molar-refractivity contribution in [1.82, 2.24) is 4.98 Å². The number of fused-ring (bicyclic) bond motifs is 1. The molecule has 0 fully saturated rings. The van der Waals surface area contributed by atoms with E-state index in [1.165, 1.54) is 18.3 Å². The van der Waals surface area contributed by atoms with E-state index in [2.05, 4.69) is 10.4 Å². The topological polar surface area (TPSA) is 77.2 Å². The van der Waals surface area contributed by atoms with Crippen molar-refractivity contribution in [2.45, 2.75) is 13.8 Å². The van der Waals surface area contributed by atoms with E-state index in [9.17, 15) is 9.18 Å². The summed E-state index contributed by atoms with van der Waals surface area (Å²) in [7, 11) is 0. The molecule has 3 N–H and O–H groups in total. The molecule has 0 bridgehead atoms. The van der Waals surface area contributed by atoms with Crippen molar-refractivity contribution in [2.75, 3.05) is 12.0 Å². The lowest BCUT2D eigenvalue weighted by molar-refractivity contribution is 0.0527. The summed E-state index contributed by atoms with van der Waals surface area (Å²) in [6.45, 7) is 3.58. The Morgan fingerprint density at radius 1 is 1.53 bits per heavy atom. The number of benzene rings is 1. The van der Waals surface area contributed by atoms with Gasteiger partial charge >= 0.3 is 5.97 Å². The summed E-state index contributed by atoms with van der Waals surface area (Å²) in [5.41, 5.74) is 3.93. The number of nitrogen functional groups attached to an aromatic ring is 1. The minimum atomic E-state index is -0.521. The van der Waals surface area contributed by atoms with Gasteiger partial charge in [-0.1, -0.05) is 0 Å². The van der Waals surface area contributed by atoms with Crippen molar-refractivity contribution < 1.29 is 13.9 Å². The molecule has 0 amide bonds. The molecule has 0 aliphatic rings. The Hall–Kier alpha value is -2.21. The van der Waals surface area contributed by atoms with E-state index >= 15 is 0 Å². The number of rotatable bonds is 3. The van der Waals surface area contributed by atoms with E-state index < -0.39 is 5.97 Å². The third-order valence-corrected chi connectivity index (χ3v) is 2.87. The molecule has 1 heterocycles. The highest BCUT2D eigenvalue weighted by molar-refractivity contribution is 6.05. The molecule has 5 nitrogen and oxygen atoms in total. The maximum absolute atomic E-state index is 13.5. The van der Waals surface area contributed by atoms with Crippen LogP contribution in [0.5, 0.6) is 0 Å². The molecule has 1 aromatic heterocycles. The Bertz CT molecular complexity index is 643. The highest BCUT2D eigenvalue weighted by Crippen LogP contribution is 2.28. The van der Waals surface area contributed by atoms with Crippen LogP contribution in [0.25, 0.3) is 10.9 Å². The number of hydrogen-bond acceptors (Lipinski definition) is 5. The Labute approximate surface area is 109 Å². The highest BCUT2D eigenvalue weighted by Gasteiger charge is 2.17. The fraction of sp³-hybridized carbons (Fsp3) is 0.231. The minimum Gasteiger partial charge on any atom is -0.462 e. The van der Waals surface area contributed by atoms with Gasteiger partial charge in [-0.05, 0) is 26.0 Å². The molecule has 6 heteroatoms. The largest absolute Gasteiger partial charge is 0.462 e. The van der Waals surface area contributed by atoms with Crippen molar-refractivity contribution >= 4 is 22.6 Å². The average molecular weight is 263 g/mol. The molecular formula is C13H14FN3O2. The van der Waals surface area contributed by atoms with Crippen molar-refractivity contribution in [2.24, 2.45) is 5.84 Å². The highest BCUT2D eigenvalue weighted by atomic mass is 19.1. The van der Waals surface area contributed by atoms with E-state index in [4.69, 9.17) is 10.6 Å². The number of carbonyl (C=O) groups is 1. The van der Waals surface area contributed by atoms with E-state index in [-0.39, 0.29) is 18.0 Å². The lowest BCUT2D eigenvalue weighted by Gasteiger charge is -2.12. The summed E-state index contributed by atoms with van der Waals surface area (Å²) >= 11 is 0. The van der Waals surface area contributed by atoms with Crippen LogP contribution in [-0.4, -0.2) is 17.6 Å². The number of hydrazine groups is 1. The number of esters is 1. The summed E-state index contributed by atoms with van der Waals surface area (Å²) in [6.07, 6.45) is 1.34. The van der Waals surface area contributed by atoms with Crippen LogP contribution in [0.3, 0.4) is 0 Å². The number of aromatic nitrogens is 1. The van der Waals surface area contributed by atoms with Gasteiger partial charge < -0.3 is 10.2 Å². The van der Waals surface area contributed by atoms with Crippen molar-refractivity contribution in [3.05, 3.63) is 35.3 Å². The molecule has 0 atom stereocenters. The number of nitrogens with zero attached hydrogens (tertiary/aromatic N) is 1. The van der Waals surface area contributed by atoms with Gasteiger partial charge in [0, 0.05) is 17.1 Å². The smallest absolute Gasteiger partial charge is 0.341 e. The van der Waals surface area contributed by atoms with E-state index in [0.29, 0.717) is 22.2 Å². The molecule has 0 aliphatic carbocycles. The van der Waals surface area contributed by atoms with Gasteiger partial charge in [0.2, 0.25) is 0 Å². The van der Waals surface area contributed by atoms with E-state index in [1.807, 2.05) is 0 Å². The zero-order chi connectivity index (χ0) is 14.0. The average Bonchev–Trinajstić information content (AvgIpc) is 2.41. The van der Waals surface area contributed by atoms with Gasteiger partial charge in [-0.15, -0.1) is 0 Å². The maximum Gasteiger partial charge on any atom is 0.341 e. The minimum absolute atomic E-state index is 0.225. The van der Waals surface area contributed by atoms with Crippen LogP contribution < -0.4 is 11.3 Å². The summed E-state index contributed by atoms with van der Waals surface area (Å²) in [4.78, 5) is 15.9. The number of halogens is 1. The molecule has 0 saturated heterocycles. The van der Waals surface area contributed by atoms with Crippen LogP contribution in [0.2, 0.25) is 0 Å². The quantitative estimate of drug-likeness (QED) is 0.504. The first kappa shape index (κ1) is 13.2. The lowest BCUT2D eigenvalue weighted by Crippen LogP contribution is -2.15. The zero-order valence-corrected chi connectivity index (χ0v) is 10.7. The summed E-state index contributed by atoms with van der Waals surface area (Å²) in [5.74, 6) is 4.58. The SMILES string of the molecule is CCOC(=O)c1cnc2c(C)c(F)ccc2c1NN. The zero-order valence-electron chi connectivity index (χ0n) is 10.7. The molecule has 0 aliphatic heterocycles. The Morgan fingerprint density at radius 2 is 2.26 bits per heavy atom. The maximum atomic E-state index is 13.5. The number of anilines is 1. The van der Waals surface area contributed by atoms with Crippen molar-refractivity contribution in [3.63, 3.8) is 0 Å². The van der Waals surface area contributed by atoms with Crippen LogP contribution in [0, 0.1) is 12.7 Å². The molecule has 1 aromatic carbocycles. The molecule has 100 valence electrons. The van der Waals surface area contributed by atoms with Crippen LogP contribution in [0.4, 0.5) is 10.1 Å². The number of nitrogens with one attached hydrogen (secondary N) is 1. The number of aryl methyl sites for hydroxylation is 1. The number of carbonyl (C=O) groups excluding carboxylic acids is 1. The first-order valence-corrected chi connectivity index (χ1v) is 5.81. The lowest BCUT2D eigenvalue weighted by atomic mass is 10.1. The fourth-order valence-electron chi connectivity index (χ4n) is 1.90. The standard InChI is InChI=1S/C13H14FN3O2/c1-3-19-13(18)9-6-16-11-7(2)10(14)5-4-8(11)12(9)17-15/h4-6H,3,15H2,1-2H3,(H,16,17). The van der Waals surface area contributed by atoms with Gasteiger partial charge in [0.05, 0.1) is 17.8 Å². The molecule has 2 rings (SSSR count). The van der Waals surface area contributed by atoms with Crippen LogP contribution >= 0.6 is 0 Å². The van der Waals surface area contributed by atoms with Gasteiger partial charge in [0.1, 0.15) is 11.4 Å². The Kier molecular flexibility index (Phi) is 3.62. The van der Waals surface area contributed by atoms with Gasteiger partial charge in [-0.25, -0.2) is 9.18 Å². The summed E-state index contributed by atoms with van der Waals surface area (Å²) in [6, 6.07) is 2.84. The molecule has 2 aromatic rings. The molecule has 19 heavy (non-hydrogen) atoms. The van der Waals surface area contributed by atoms with E-state index in [1.54, 1.807) is 13.8 Å². The van der Waals surface area contributed by atoms with Gasteiger partial charge in [0.15, 0.2) is 0 Å². The van der Waals surface area contributed by atoms with Crippen molar-refractivity contribution in [1.29, 1.82) is 0 Å². The molecule has 0 saturated carbocycles. The Balaban J connectivity index is 2.70. The molecular weight excluding hydrogens is 249 g/mol. The monoisotopic (exact) mass is 263 g/mol. The van der Waals surface area contributed by atoms with E-state index in [0.717, 1.165) is 0 Å². The second kappa shape index (κ2) is 5.19. The van der Waals surface area contributed by atoms with Crippen LogP contribution in [0.15, 0.2) is 18.3 Å². The first-order chi connectivity index (χ1) is 9.10. The summed E-state index contributed by atoms with van der Waals surface area (Å²) in [5, 5.41) is 0.576. The Morgan fingerprint density at radius 3 is 2.89 bits per heavy atom. The fourth-order valence-corrected chi connectivity index (χ4v) is 1.90. The third kappa shape index (κ3) is 2.22. The summed E-state index contributed by atoms with van der Waals surface area (Å²) < 4.78 is 18.4. The molecule has 0 unspecified atom stereocenters. The second-order valence-electron chi connectivity index (χ2n) is 3.98. The van der Waals surface area contributed by atoms with Crippen molar-refractivity contribution in [3.8, 4) is 0 Å². The van der Waals surface area contributed by atoms with Gasteiger partial charge in [-0.2, -0.15) is 0 Å². The normalized spacial score (nSPS) is 10.5. The van der Waals surface area contributed by atoms with Crippen LogP contribution in [-0.2, 0) is 4.74 Å². The van der Waals surface area contributed by atoms with Gasteiger partial charge in [-0.3, -0.25) is 10.8 Å². The number of pyridine rings is 1. The van der Waals surface area contributed by atoms with Gasteiger partial charge in [0.25, 0.3) is 0 Å². The number of ether oxygens (including phenoxy) is 1. The predicted molar refractivity (Wildman–Crippen MR) is 70.2 cm³/mol. The first-order valence-electron chi connectivity index (χ1n) is 5.81. The second-order valence-corrected chi connectivity index (χ2v) is 3.98.